The van der Waals surface area contributed by atoms with Gasteiger partial charge in [0.05, 0.1) is 19.1 Å². The van der Waals surface area contributed by atoms with E-state index < -0.39 is 0 Å². The second kappa shape index (κ2) is 10.2. The van der Waals surface area contributed by atoms with Crippen molar-refractivity contribution >= 4 is 5.91 Å². The molecule has 20 heavy (non-hydrogen) atoms. The number of ether oxygens (including phenoxy) is 1. The van der Waals surface area contributed by atoms with Gasteiger partial charge in [0.25, 0.3) is 0 Å². The topological polar surface area (TPSA) is 41.6 Å². The fraction of sp³-hybridized carbons (Fsp3) is 0.938. The summed E-state index contributed by atoms with van der Waals surface area (Å²) in [6.07, 6.45) is 5.54. The minimum Gasteiger partial charge on any atom is -0.379 e. The Kier molecular flexibility index (Phi) is 8.86. The summed E-state index contributed by atoms with van der Waals surface area (Å²) in [5.74, 6) is 0.299. The molecule has 0 aromatic heterocycles. The summed E-state index contributed by atoms with van der Waals surface area (Å²) in [6.45, 7) is 10.5. The van der Waals surface area contributed by atoms with E-state index in [4.69, 9.17) is 4.74 Å². The van der Waals surface area contributed by atoms with E-state index in [0.717, 1.165) is 51.7 Å². The van der Waals surface area contributed by atoms with E-state index in [9.17, 15) is 4.79 Å². The molecule has 1 N–H and O–H groups in total. The van der Waals surface area contributed by atoms with Gasteiger partial charge in [0.1, 0.15) is 0 Å². The third-order valence-corrected chi connectivity index (χ3v) is 3.93. The van der Waals surface area contributed by atoms with Crippen LogP contribution in [0.15, 0.2) is 0 Å². The fourth-order valence-corrected chi connectivity index (χ4v) is 2.59. The van der Waals surface area contributed by atoms with Crippen molar-refractivity contribution in [3.63, 3.8) is 0 Å². The van der Waals surface area contributed by atoms with E-state index in [1.165, 1.54) is 0 Å². The standard InChI is InChI=1S/C16H32N2O2/c1-4-7-10-18(11-8-5-2)16(19)14-12-20-13-15(14)17-9-6-3/h14-15,17H,4-13H2,1-3H3. The number of nitrogens with zero attached hydrogens (tertiary/aromatic N) is 1. The average Bonchev–Trinajstić information content (AvgIpc) is 2.93. The Morgan fingerprint density at radius 1 is 1.10 bits per heavy atom. The molecule has 0 radical (unpaired) electrons. The maximum atomic E-state index is 12.7. The van der Waals surface area contributed by atoms with Crippen LogP contribution in [0.5, 0.6) is 0 Å². The molecular formula is C16H32N2O2. The van der Waals surface area contributed by atoms with Gasteiger partial charge in [-0.3, -0.25) is 4.79 Å². The zero-order chi connectivity index (χ0) is 14.8. The third-order valence-electron chi connectivity index (χ3n) is 3.93. The van der Waals surface area contributed by atoms with Crippen LogP contribution in [0.3, 0.4) is 0 Å². The van der Waals surface area contributed by atoms with Gasteiger partial charge in [-0.2, -0.15) is 0 Å². The molecule has 1 heterocycles. The number of amides is 1. The Morgan fingerprint density at radius 2 is 1.75 bits per heavy atom. The number of nitrogens with one attached hydrogen (secondary N) is 1. The Balaban J connectivity index is 2.56. The van der Waals surface area contributed by atoms with Crippen LogP contribution in [0.2, 0.25) is 0 Å². The van der Waals surface area contributed by atoms with Crippen LogP contribution in [0.25, 0.3) is 0 Å². The number of carbonyl (C=O) groups is 1. The van der Waals surface area contributed by atoms with Gasteiger partial charge in [0.15, 0.2) is 0 Å². The van der Waals surface area contributed by atoms with E-state index in [0.29, 0.717) is 13.2 Å². The van der Waals surface area contributed by atoms with Crippen LogP contribution in [-0.2, 0) is 9.53 Å². The number of rotatable bonds is 10. The smallest absolute Gasteiger partial charge is 0.229 e. The molecule has 4 nitrogen and oxygen atoms in total. The molecule has 2 atom stereocenters. The molecule has 0 bridgehead atoms. The van der Waals surface area contributed by atoms with E-state index in [1.54, 1.807) is 0 Å². The lowest BCUT2D eigenvalue weighted by Gasteiger charge is -2.28. The number of hydrogen-bond acceptors (Lipinski definition) is 3. The SMILES string of the molecule is CCCCN(CCCC)C(=O)C1COCC1NCCC. The predicted octanol–water partition coefficient (Wildman–Crippen LogP) is 2.43. The van der Waals surface area contributed by atoms with Crippen molar-refractivity contribution in [1.82, 2.24) is 10.2 Å². The molecule has 1 aliphatic rings. The largest absolute Gasteiger partial charge is 0.379 e. The van der Waals surface area contributed by atoms with Crippen LogP contribution < -0.4 is 5.32 Å². The second-order valence-corrected chi connectivity index (χ2v) is 5.74. The summed E-state index contributed by atoms with van der Waals surface area (Å²) in [6, 6.07) is 0.202. The summed E-state index contributed by atoms with van der Waals surface area (Å²) in [4.78, 5) is 14.8. The second-order valence-electron chi connectivity index (χ2n) is 5.74. The van der Waals surface area contributed by atoms with Crippen molar-refractivity contribution in [3.8, 4) is 0 Å². The number of carbonyl (C=O) groups excluding carboxylic acids is 1. The lowest BCUT2D eigenvalue weighted by Crippen LogP contribution is -2.46. The van der Waals surface area contributed by atoms with Crippen molar-refractivity contribution in [2.24, 2.45) is 5.92 Å². The number of unbranched alkanes of at least 4 members (excludes halogenated alkanes) is 2. The van der Waals surface area contributed by atoms with Gasteiger partial charge in [0, 0.05) is 19.1 Å². The highest BCUT2D eigenvalue weighted by molar-refractivity contribution is 5.80. The molecule has 0 saturated carbocycles. The normalized spacial score (nSPS) is 22.1. The maximum absolute atomic E-state index is 12.7. The van der Waals surface area contributed by atoms with Crippen molar-refractivity contribution in [2.45, 2.75) is 58.9 Å². The highest BCUT2D eigenvalue weighted by Crippen LogP contribution is 2.18. The van der Waals surface area contributed by atoms with Gasteiger partial charge in [0.2, 0.25) is 5.91 Å². The summed E-state index contributed by atoms with van der Waals surface area (Å²) >= 11 is 0. The van der Waals surface area contributed by atoms with Gasteiger partial charge < -0.3 is 15.0 Å². The first-order valence-corrected chi connectivity index (χ1v) is 8.34. The lowest BCUT2D eigenvalue weighted by molar-refractivity contribution is -0.136. The van der Waals surface area contributed by atoms with E-state index in [2.05, 4.69) is 31.0 Å². The number of hydrogen-bond donors (Lipinski definition) is 1. The molecule has 1 saturated heterocycles. The van der Waals surface area contributed by atoms with Crippen LogP contribution >= 0.6 is 0 Å². The molecule has 2 unspecified atom stereocenters. The maximum Gasteiger partial charge on any atom is 0.229 e. The highest BCUT2D eigenvalue weighted by Gasteiger charge is 2.35. The lowest BCUT2D eigenvalue weighted by atomic mass is 10.0. The van der Waals surface area contributed by atoms with Crippen LogP contribution in [0.1, 0.15) is 52.9 Å². The zero-order valence-electron chi connectivity index (χ0n) is 13.5. The van der Waals surface area contributed by atoms with Gasteiger partial charge >= 0.3 is 0 Å². The van der Waals surface area contributed by atoms with E-state index >= 15 is 0 Å². The Labute approximate surface area is 124 Å². The third kappa shape index (κ3) is 5.41. The summed E-state index contributed by atoms with van der Waals surface area (Å²) in [5.41, 5.74) is 0. The molecule has 0 aromatic rings. The van der Waals surface area contributed by atoms with E-state index in [1.807, 2.05) is 0 Å². The molecule has 0 aromatic carbocycles. The molecule has 0 aliphatic carbocycles. The van der Waals surface area contributed by atoms with Crippen LogP contribution in [-0.4, -0.2) is 49.7 Å². The molecule has 1 fully saturated rings. The molecule has 1 rings (SSSR count). The van der Waals surface area contributed by atoms with Crippen molar-refractivity contribution in [1.29, 1.82) is 0 Å². The minimum atomic E-state index is 0.00950. The van der Waals surface area contributed by atoms with Crippen molar-refractivity contribution in [2.75, 3.05) is 32.8 Å². The summed E-state index contributed by atoms with van der Waals surface area (Å²) in [5, 5.41) is 3.46. The monoisotopic (exact) mass is 284 g/mol. The van der Waals surface area contributed by atoms with Crippen molar-refractivity contribution < 1.29 is 9.53 Å². The molecule has 1 amide bonds. The van der Waals surface area contributed by atoms with E-state index in [-0.39, 0.29) is 17.9 Å². The summed E-state index contributed by atoms with van der Waals surface area (Å²) < 4.78 is 5.54. The van der Waals surface area contributed by atoms with Crippen molar-refractivity contribution in [3.05, 3.63) is 0 Å². The molecule has 0 spiro atoms. The molecule has 4 heteroatoms. The van der Waals surface area contributed by atoms with Crippen LogP contribution in [0.4, 0.5) is 0 Å². The van der Waals surface area contributed by atoms with Gasteiger partial charge in [-0.05, 0) is 25.8 Å². The van der Waals surface area contributed by atoms with Gasteiger partial charge in [-0.25, -0.2) is 0 Å². The highest BCUT2D eigenvalue weighted by atomic mass is 16.5. The molecule has 1 aliphatic heterocycles. The zero-order valence-corrected chi connectivity index (χ0v) is 13.5. The Bertz CT molecular complexity index is 263. The first-order chi connectivity index (χ1) is 9.74. The Morgan fingerprint density at radius 3 is 2.30 bits per heavy atom. The average molecular weight is 284 g/mol. The Hall–Kier alpha value is -0.610. The molecule has 118 valence electrons. The van der Waals surface area contributed by atoms with Gasteiger partial charge in [-0.15, -0.1) is 0 Å². The molecular weight excluding hydrogens is 252 g/mol. The quantitative estimate of drug-likeness (QED) is 0.670. The first-order valence-electron chi connectivity index (χ1n) is 8.34. The predicted molar refractivity (Wildman–Crippen MR) is 82.8 cm³/mol. The first kappa shape index (κ1) is 17.4. The fourth-order valence-electron chi connectivity index (χ4n) is 2.59. The van der Waals surface area contributed by atoms with Crippen LogP contribution in [0, 0.1) is 5.92 Å². The van der Waals surface area contributed by atoms with Gasteiger partial charge in [-0.1, -0.05) is 33.6 Å². The minimum absolute atomic E-state index is 0.00950. The summed E-state index contributed by atoms with van der Waals surface area (Å²) in [7, 11) is 0.